The Morgan fingerprint density at radius 1 is 0.903 bits per heavy atom. The SMILES string of the molecule is COC(=O)C(CC(=O)O)CS(=O)(=O)OCC(C)(C)C.COC(=O)C(CSC)CC(=O)O. The van der Waals surface area contributed by atoms with Crippen LogP contribution in [0.2, 0.25) is 0 Å². The summed E-state index contributed by atoms with van der Waals surface area (Å²) in [6.07, 6.45) is 1.04. The van der Waals surface area contributed by atoms with Crippen LogP contribution >= 0.6 is 11.8 Å². The lowest BCUT2D eigenvalue weighted by Crippen LogP contribution is -2.30. The third-order valence-electron chi connectivity index (χ3n) is 3.36. The van der Waals surface area contributed by atoms with Gasteiger partial charge in [-0.3, -0.25) is 23.4 Å². The summed E-state index contributed by atoms with van der Waals surface area (Å²) in [6.45, 7) is 5.32. The molecule has 0 saturated carbocycles. The van der Waals surface area contributed by atoms with Crippen LogP contribution in [0.15, 0.2) is 0 Å². The van der Waals surface area contributed by atoms with E-state index in [0.29, 0.717) is 5.75 Å². The fourth-order valence-corrected chi connectivity index (χ4v) is 3.97. The molecule has 0 bridgehead atoms. The van der Waals surface area contributed by atoms with Crippen LogP contribution < -0.4 is 0 Å². The molecule has 0 aromatic carbocycles. The molecule has 0 radical (unpaired) electrons. The van der Waals surface area contributed by atoms with Gasteiger partial charge in [-0.1, -0.05) is 20.8 Å². The molecule has 13 heteroatoms. The molecule has 0 saturated heterocycles. The van der Waals surface area contributed by atoms with Gasteiger partial charge in [0.25, 0.3) is 10.1 Å². The quantitative estimate of drug-likeness (QED) is 0.298. The van der Waals surface area contributed by atoms with Crippen LogP contribution in [0.25, 0.3) is 0 Å². The number of hydrogen-bond acceptors (Lipinski definition) is 10. The van der Waals surface area contributed by atoms with E-state index in [0.717, 1.165) is 7.11 Å². The largest absolute Gasteiger partial charge is 0.481 e. The topological polar surface area (TPSA) is 171 Å². The summed E-state index contributed by atoms with van der Waals surface area (Å²) in [5, 5.41) is 17.1. The minimum atomic E-state index is -3.98. The molecule has 0 fully saturated rings. The van der Waals surface area contributed by atoms with Crippen molar-refractivity contribution < 1.29 is 51.5 Å². The zero-order valence-electron chi connectivity index (χ0n) is 18.6. The first-order chi connectivity index (χ1) is 14.1. The lowest BCUT2D eigenvalue weighted by atomic mass is 9.99. The van der Waals surface area contributed by atoms with E-state index in [1.54, 1.807) is 20.8 Å². The number of carboxylic acid groups (broad SMARTS) is 2. The first-order valence-electron chi connectivity index (χ1n) is 9.03. The standard InChI is InChI=1S/C11H20O7S.C7H12O4S/c1-11(2,3)7-18-19(15,16)6-8(5-9(12)13)10(14)17-4;1-11-7(10)5(4-12-2)3-6(8)9/h8H,5-7H2,1-4H3,(H,12,13);5H,3-4H2,1-2H3,(H,8,9). The van der Waals surface area contributed by atoms with Crippen molar-refractivity contribution in [2.75, 3.05) is 38.6 Å². The number of carbonyl (C=O) groups is 4. The van der Waals surface area contributed by atoms with Gasteiger partial charge < -0.3 is 19.7 Å². The molecule has 31 heavy (non-hydrogen) atoms. The number of carbonyl (C=O) groups excluding carboxylic acids is 2. The Morgan fingerprint density at radius 3 is 1.68 bits per heavy atom. The highest BCUT2D eigenvalue weighted by Crippen LogP contribution is 2.17. The van der Waals surface area contributed by atoms with Gasteiger partial charge in [-0.25, -0.2) is 0 Å². The highest BCUT2D eigenvalue weighted by molar-refractivity contribution is 7.98. The van der Waals surface area contributed by atoms with E-state index in [4.69, 9.17) is 14.4 Å². The van der Waals surface area contributed by atoms with Crippen LogP contribution in [-0.2, 0) is 43.0 Å². The molecule has 0 aromatic heterocycles. The molecule has 2 atom stereocenters. The van der Waals surface area contributed by atoms with Crippen molar-refractivity contribution in [3.05, 3.63) is 0 Å². The van der Waals surface area contributed by atoms with E-state index >= 15 is 0 Å². The van der Waals surface area contributed by atoms with Crippen molar-refractivity contribution in [1.29, 1.82) is 0 Å². The molecule has 2 N–H and O–H groups in total. The van der Waals surface area contributed by atoms with Gasteiger partial charge in [-0.15, -0.1) is 0 Å². The maximum atomic E-state index is 11.7. The second-order valence-corrected chi connectivity index (χ2v) is 10.2. The molecule has 0 spiro atoms. The van der Waals surface area contributed by atoms with Crippen LogP contribution in [0.5, 0.6) is 0 Å². The highest BCUT2D eigenvalue weighted by Gasteiger charge is 2.30. The summed E-state index contributed by atoms with van der Waals surface area (Å²) < 4.78 is 36.9. The number of ether oxygens (including phenoxy) is 2. The van der Waals surface area contributed by atoms with Gasteiger partial charge in [0.05, 0.1) is 51.3 Å². The number of hydrogen-bond donors (Lipinski definition) is 2. The van der Waals surface area contributed by atoms with Gasteiger partial charge in [0.2, 0.25) is 0 Å². The van der Waals surface area contributed by atoms with E-state index in [9.17, 15) is 27.6 Å². The van der Waals surface area contributed by atoms with Crippen LogP contribution in [0.4, 0.5) is 0 Å². The molecule has 0 aliphatic carbocycles. The number of rotatable bonds is 12. The number of aliphatic carboxylic acids is 2. The number of esters is 2. The minimum absolute atomic E-state index is 0.0453. The fourth-order valence-electron chi connectivity index (χ4n) is 1.94. The third-order valence-corrected chi connectivity index (χ3v) is 5.38. The average Bonchev–Trinajstić information content (AvgIpc) is 2.63. The molecule has 11 nitrogen and oxygen atoms in total. The lowest BCUT2D eigenvalue weighted by molar-refractivity contribution is -0.149. The smallest absolute Gasteiger partial charge is 0.310 e. The normalized spacial score (nSPS) is 13.2. The van der Waals surface area contributed by atoms with E-state index in [1.165, 1.54) is 18.9 Å². The zero-order valence-corrected chi connectivity index (χ0v) is 20.2. The second-order valence-electron chi connectivity index (χ2n) is 7.64. The van der Waals surface area contributed by atoms with Crippen molar-refractivity contribution in [3.63, 3.8) is 0 Å². The van der Waals surface area contributed by atoms with Gasteiger partial charge in [-0.05, 0) is 11.7 Å². The summed E-state index contributed by atoms with van der Waals surface area (Å²) in [5.41, 5.74) is -0.360. The maximum absolute atomic E-state index is 11.7. The minimum Gasteiger partial charge on any atom is -0.481 e. The summed E-state index contributed by atoms with van der Waals surface area (Å²) >= 11 is 1.43. The van der Waals surface area contributed by atoms with Gasteiger partial charge in [-0.2, -0.15) is 20.2 Å². The van der Waals surface area contributed by atoms with E-state index in [1.807, 2.05) is 6.26 Å². The summed E-state index contributed by atoms with van der Waals surface area (Å²) in [7, 11) is -1.65. The molecule has 2 unspecified atom stereocenters. The molecular formula is C18H32O11S2. The first kappa shape index (κ1) is 31.3. The number of thioether (sulfide) groups is 1. The van der Waals surface area contributed by atoms with Crippen LogP contribution in [0.3, 0.4) is 0 Å². The van der Waals surface area contributed by atoms with Gasteiger partial charge in [0, 0.05) is 5.75 Å². The van der Waals surface area contributed by atoms with Crippen molar-refractivity contribution in [2.45, 2.75) is 33.6 Å². The summed E-state index contributed by atoms with van der Waals surface area (Å²) in [6, 6.07) is 0. The molecule has 0 aliphatic rings. The molecule has 182 valence electrons. The number of methoxy groups -OCH3 is 2. The summed E-state index contributed by atoms with van der Waals surface area (Å²) in [5.74, 6) is -5.60. The zero-order chi connectivity index (χ0) is 24.8. The van der Waals surface area contributed by atoms with E-state index in [2.05, 4.69) is 9.47 Å². The van der Waals surface area contributed by atoms with Gasteiger partial charge >= 0.3 is 23.9 Å². The van der Waals surface area contributed by atoms with Crippen LogP contribution in [0, 0.1) is 17.3 Å². The van der Waals surface area contributed by atoms with Gasteiger partial charge in [0.1, 0.15) is 0 Å². The summed E-state index contributed by atoms with van der Waals surface area (Å²) in [4.78, 5) is 43.1. The van der Waals surface area contributed by atoms with E-state index in [-0.39, 0.29) is 18.4 Å². The molecule has 0 aromatic rings. The van der Waals surface area contributed by atoms with Crippen LogP contribution in [-0.4, -0.2) is 81.1 Å². The maximum Gasteiger partial charge on any atom is 0.310 e. The second kappa shape index (κ2) is 15.0. The van der Waals surface area contributed by atoms with Crippen molar-refractivity contribution in [2.24, 2.45) is 17.3 Å². The Labute approximate surface area is 186 Å². The van der Waals surface area contributed by atoms with Crippen LogP contribution in [0.1, 0.15) is 33.6 Å². The van der Waals surface area contributed by atoms with Crippen molar-refractivity contribution in [1.82, 2.24) is 0 Å². The third kappa shape index (κ3) is 17.5. The lowest BCUT2D eigenvalue weighted by Gasteiger charge is -2.19. The van der Waals surface area contributed by atoms with Crippen molar-refractivity contribution >= 4 is 45.8 Å². The highest BCUT2D eigenvalue weighted by atomic mass is 32.2. The average molecular weight is 489 g/mol. The Bertz CT molecular complexity index is 696. The Morgan fingerprint density at radius 2 is 1.32 bits per heavy atom. The molecular weight excluding hydrogens is 456 g/mol. The van der Waals surface area contributed by atoms with Gasteiger partial charge in [0.15, 0.2) is 0 Å². The van der Waals surface area contributed by atoms with E-state index < -0.39 is 58.0 Å². The molecule has 0 rings (SSSR count). The molecule has 0 heterocycles. The first-order valence-corrected chi connectivity index (χ1v) is 12.0. The fraction of sp³-hybridized carbons (Fsp3) is 0.778. The Balaban J connectivity index is 0. The predicted molar refractivity (Wildman–Crippen MR) is 113 cm³/mol. The Kier molecular flexibility index (Phi) is 15.2. The number of carboxylic acids is 2. The monoisotopic (exact) mass is 488 g/mol. The Hall–Kier alpha value is -1.86. The predicted octanol–water partition coefficient (Wildman–Crippen LogP) is 1.26. The molecule has 0 amide bonds. The molecule has 0 aliphatic heterocycles. The van der Waals surface area contributed by atoms with Crippen molar-refractivity contribution in [3.8, 4) is 0 Å².